The van der Waals surface area contributed by atoms with E-state index in [1.54, 1.807) is 6.20 Å². The third-order valence-electron chi connectivity index (χ3n) is 3.48. The van der Waals surface area contributed by atoms with Crippen LogP contribution in [0.5, 0.6) is 0 Å². The van der Waals surface area contributed by atoms with E-state index in [1.165, 1.54) is 0 Å². The molecule has 1 aliphatic rings. The van der Waals surface area contributed by atoms with Gasteiger partial charge in [-0.1, -0.05) is 0 Å². The van der Waals surface area contributed by atoms with E-state index in [-0.39, 0.29) is 12.0 Å². The topological polar surface area (TPSA) is 54.1 Å². The standard InChI is InChI=1S/C14H14Br2N2O2/c15-11-4-9-10(7-17-13(9)5-12(11)16)14(19)18-6-8-2-1-3-20-8/h4-5,7-8,17H,1-3,6H2,(H,18,19). The number of aromatic nitrogens is 1. The molecule has 1 fully saturated rings. The van der Waals surface area contributed by atoms with Crippen molar-refractivity contribution in [2.24, 2.45) is 0 Å². The molecular weight excluding hydrogens is 388 g/mol. The Hall–Kier alpha value is -0.850. The van der Waals surface area contributed by atoms with E-state index in [9.17, 15) is 4.79 Å². The van der Waals surface area contributed by atoms with Gasteiger partial charge in [0.1, 0.15) is 0 Å². The van der Waals surface area contributed by atoms with Crippen LogP contribution in [0.25, 0.3) is 10.9 Å². The van der Waals surface area contributed by atoms with Gasteiger partial charge in [0.05, 0.1) is 11.7 Å². The van der Waals surface area contributed by atoms with Crippen LogP contribution < -0.4 is 5.32 Å². The Morgan fingerprint density at radius 3 is 2.95 bits per heavy atom. The first-order valence-electron chi connectivity index (χ1n) is 6.51. The van der Waals surface area contributed by atoms with E-state index in [0.29, 0.717) is 12.1 Å². The van der Waals surface area contributed by atoms with Gasteiger partial charge in [-0.2, -0.15) is 0 Å². The number of carbonyl (C=O) groups excluding carboxylic acids is 1. The van der Waals surface area contributed by atoms with Gasteiger partial charge in [0.15, 0.2) is 0 Å². The number of halogens is 2. The Morgan fingerprint density at radius 2 is 2.20 bits per heavy atom. The number of hydrogen-bond acceptors (Lipinski definition) is 2. The maximum atomic E-state index is 12.3. The lowest BCUT2D eigenvalue weighted by molar-refractivity contribution is 0.0859. The van der Waals surface area contributed by atoms with E-state index in [0.717, 1.165) is 39.3 Å². The van der Waals surface area contributed by atoms with Crippen LogP contribution >= 0.6 is 31.9 Å². The fourth-order valence-corrected chi connectivity index (χ4v) is 3.10. The molecule has 0 bridgehead atoms. The molecule has 3 rings (SSSR count). The van der Waals surface area contributed by atoms with E-state index in [1.807, 2.05) is 12.1 Å². The summed E-state index contributed by atoms with van der Waals surface area (Å²) in [6.07, 6.45) is 4.00. The molecule has 4 nitrogen and oxygen atoms in total. The average Bonchev–Trinajstić information content (AvgIpc) is 3.06. The second-order valence-electron chi connectivity index (χ2n) is 4.86. The summed E-state index contributed by atoms with van der Waals surface area (Å²) in [5, 5.41) is 3.85. The Labute approximate surface area is 133 Å². The number of aromatic amines is 1. The van der Waals surface area contributed by atoms with E-state index < -0.39 is 0 Å². The molecule has 0 radical (unpaired) electrons. The number of hydrogen-bond donors (Lipinski definition) is 2. The van der Waals surface area contributed by atoms with Crippen LogP contribution in [0, 0.1) is 0 Å². The van der Waals surface area contributed by atoms with Crippen molar-refractivity contribution < 1.29 is 9.53 Å². The van der Waals surface area contributed by atoms with Crippen LogP contribution in [0.2, 0.25) is 0 Å². The van der Waals surface area contributed by atoms with Crippen molar-refractivity contribution in [3.8, 4) is 0 Å². The van der Waals surface area contributed by atoms with Gasteiger partial charge < -0.3 is 15.0 Å². The summed E-state index contributed by atoms with van der Waals surface area (Å²) in [4.78, 5) is 15.4. The number of carbonyl (C=O) groups is 1. The lowest BCUT2D eigenvalue weighted by atomic mass is 10.1. The molecule has 20 heavy (non-hydrogen) atoms. The fourth-order valence-electron chi connectivity index (χ4n) is 2.41. The molecule has 2 N–H and O–H groups in total. The number of fused-ring (bicyclic) bond motifs is 1. The Morgan fingerprint density at radius 1 is 1.40 bits per heavy atom. The van der Waals surface area contributed by atoms with Crippen LogP contribution in [0.4, 0.5) is 0 Å². The smallest absolute Gasteiger partial charge is 0.253 e. The van der Waals surface area contributed by atoms with Gasteiger partial charge in [0.25, 0.3) is 5.91 Å². The number of benzene rings is 1. The van der Waals surface area contributed by atoms with Gasteiger partial charge in [-0.25, -0.2) is 0 Å². The summed E-state index contributed by atoms with van der Waals surface area (Å²) in [6, 6.07) is 3.90. The van der Waals surface area contributed by atoms with Crippen LogP contribution in [0.1, 0.15) is 23.2 Å². The predicted octanol–water partition coefficient (Wildman–Crippen LogP) is 3.60. The zero-order valence-corrected chi connectivity index (χ0v) is 13.9. The molecule has 1 atom stereocenters. The average molecular weight is 402 g/mol. The van der Waals surface area contributed by atoms with Gasteiger partial charge in [0.2, 0.25) is 0 Å². The molecule has 6 heteroatoms. The van der Waals surface area contributed by atoms with Gasteiger partial charge in [-0.05, 0) is 56.8 Å². The minimum Gasteiger partial charge on any atom is -0.376 e. The summed E-state index contributed by atoms with van der Waals surface area (Å²) >= 11 is 6.92. The second-order valence-corrected chi connectivity index (χ2v) is 6.57. The van der Waals surface area contributed by atoms with Gasteiger partial charge in [-0.15, -0.1) is 0 Å². The quantitative estimate of drug-likeness (QED) is 0.825. The summed E-state index contributed by atoms with van der Waals surface area (Å²) in [6.45, 7) is 1.37. The van der Waals surface area contributed by atoms with Crippen molar-refractivity contribution in [2.75, 3.05) is 13.2 Å². The van der Waals surface area contributed by atoms with Gasteiger partial charge in [0, 0.05) is 39.2 Å². The number of H-pyrrole nitrogens is 1. The number of nitrogens with one attached hydrogen (secondary N) is 2. The van der Waals surface area contributed by atoms with Crippen LogP contribution in [0.3, 0.4) is 0 Å². The Bertz CT molecular complexity index is 648. The summed E-state index contributed by atoms with van der Waals surface area (Å²) in [7, 11) is 0. The largest absolute Gasteiger partial charge is 0.376 e. The summed E-state index contributed by atoms with van der Waals surface area (Å²) in [5.41, 5.74) is 1.59. The summed E-state index contributed by atoms with van der Waals surface area (Å²) in [5.74, 6) is -0.0685. The van der Waals surface area contributed by atoms with E-state index in [4.69, 9.17) is 4.74 Å². The molecule has 1 aliphatic heterocycles. The monoisotopic (exact) mass is 400 g/mol. The third-order valence-corrected chi connectivity index (χ3v) is 5.33. The number of ether oxygens (including phenoxy) is 1. The molecule has 0 saturated carbocycles. The fraction of sp³-hybridized carbons (Fsp3) is 0.357. The molecule has 0 spiro atoms. The zero-order chi connectivity index (χ0) is 14.1. The highest BCUT2D eigenvalue weighted by Gasteiger charge is 2.18. The lowest BCUT2D eigenvalue weighted by Gasteiger charge is -2.10. The molecule has 1 saturated heterocycles. The Kier molecular flexibility index (Phi) is 4.14. The molecular formula is C14H14Br2N2O2. The van der Waals surface area contributed by atoms with Crippen LogP contribution in [-0.2, 0) is 4.74 Å². The molecule has 1 amide bonds. The molecule has 106 valence electrons. The van der Waals surface area contributed by atoms with E-state index in [2.05, 4.69) is 42.2 Å². The normalized spacial score (nSPS) is 18.6. The molecule has 2 aromatic rings. The zero-order valence-electron chi connectivity index (χ0n) is 10.7. The lowest BCUT2D eigenvalue weighted by Crippen LogP contribution is -2.31. The predicted molar refractivity (Wildman–Crippen MR) is 85.0 cm³/mol. The molecule has 1 unspecified atom stereocenters. The minimum absolute atomic E-state index is 0.0685. The maximum absolute atomic E-state index is 12.3. The Balaban J connectivity index is 1.78. The number of amides is 1. The maximum Gasteiger partial charge on any atom is 0.253 e. The van der Waals surface area contributed by atoms with Crippen molar-refractivity contribution in [3.05, 3.63) is 32.8 Å². The van der Waals surface area contributed by atoms with E-state index >= 15 is 0 Å². The van der Waals surface area contributed by atoms with Crippen LogP contribution in [-0.4, -0.2) is 30.1 Å². The highest BCUT2D eigenvalue weighted by atomic mass is 79.9. The van der Waals surface area contributed by atoms with Crippen molar-refractivity contribution in [3.63, 3.8) is 0 Å². The van der Waals surface area contributed by atoms with Crippen molar-refractivity contribution in [1.82, 2.24) is 10.3 Å². The molecule has 1 aromatic carbocycles. The third kappa shape index (κ3) is 2.77. The first-order chi connectivity index (χ1) is 9.65. The number of rotatable bonds is 3. The first kappa shape index (κ1) is 14.1. The molecule has 1 aromatic heterocycles. The second kappa shape index (κ2) is 5.87. The highest BCUT2D eigenvalue weighted by Crippen LogP contribution is 2.30. The van der Waals surface area contributed by atoms with Gasteiger partial charge >= 0.3 is 0 Å². The van der Waals surface area contributed by atoms with Crippen LogP contribution in [0.15, 0.2) is 27.3 Å². The molecule has 0 aliphatic carbocycles. The van der Waals surface area contributed by atoms with Crippen molar-refractivity contribution >= 4 is 48.7 Å². The molecule has 2 heterocycles. The van der Waals surface area contributed by atoms with Crippen molar-refractivity contribution in [1.29, 1.82) is 0 Å². The minimum atomic E-state index is -0.0685. The first-order valence-corrected chi connectivity index (χ1v) is 8.09. The SMILES string of the molecule is O=C(NCC1CCCO1)c1c[nH]c2cc(Br)c(Br)cc12. The van der Waals surface area contributed by atoms with Gasteiger partial charge in [-0.3, -0.25) is 4.79 Å². The highest BCUT2D eigenvalue weighted by molar-refractivity contribution is 9.13. The van der Waals surface area contributed by atoms with Crippen molar-refractivity contribution in [2.45, 2.75) is 18.9 Å². The summed E-state index contributed by atoms with van der Waals surface area (Å²) < 4.78 is 7.39.